The van der Waals surface area contributed by atoms with Crippen LogP contribution in [0.5, 0.6) is 0 Å². The van der Waals surface area contributed by atoms with E-state index in [1.807, 2.05) is 0 Å². The SMILES string of the molecule is CC(C)N1CCC2(CC1)CC(S)C2. The van der Waals surface area contributed by atoms with Gasteiger partial charge < -0.3 is 4.90 Å². The molecule has 0 aromatic carbocycles. The van der Waals surface area contributed by atoms with Gasteiger partial charge in [-0.15, -0.1) is 0 Å². The van der Waals surface area contributed by atoms with Gasteiger partial charge in [0, 0.05) is 11.3 Å². The average Bonchev–Trinajstić information content (AvgIpc) is 2.03. The Morgan fingerprint density at radius 1 is 1.23 bits per heavy atom. The van der Waals surface area contributed by atoms with Crippen molar-refractivity contribution >= 4 is 12.6 Å². The quantitative estimate of drug-likeness (QED) is 0.635. The number of piperidine rings is 1. The second kappa shape index (κ2) is 3.47. The van der Waals surface area contributed by atoms with Crippen LogP contribution in [-0.2, 0) is 0 Å². The highest BCUT2D eigenvalue weighted by Crippen LogP contribution is 2.51. The van der Waals surface area contributed by atoms with Crippen molar-refractivity contribution in [3.05, 3.63) is 0 Å². The van der Waals surface area contributed by atoms with E-state index in [9.17, 15) is 0 Å². The molecule has 2 aliphatic rings. The average molecular weight is 199 g/mol. The summed E-state index contributed by atoms with van der Waals surface area (Å²) >= 11 is 4.52. The molecule has 0 bridgehead atoms. The van der Waals surface area contributed by atoms with Crippen LogP contribution in [0.2, 0.25) is 0 Å². The molecule has 2 rings (SSSR count). The largest absolute Gasteiger partial charge is 0.301 e. The molecule has 1 aliphatic carbocycles. The van der Waals surface area contributed by atoms with Crippen LogP contribution in [0.4, 0.5) is 0 Å². The van der Waals surface area contributed by atoms with Crippen molar-refractivity contribution in [3.8, 4) is 0 Å². The predicted molar refractivity (Wildman–Crippen MR) is 60.4 cm³/mol. The summed E-state index contributed by atoms with van der Waals surface area (Å²) in [5.74, 6) is 0. The van der Waals surface area contributed by atoms with Gasteiger partial charge in [0.2, 0.25) is 0 Å². The monoisotopic (exact) mass is 199 g/mol. The molecule has 1 nitrogen and oxygen atoms in total. The third-order valence-electron chi connectivity index (χ3n) is 3.93. The molecule has 0 aromatic rings. The van der Waals surface area contributed by atoms with E-state index in [0.717, 1.165) is 11.5 Å². The van der Waals surface area contributed by atoms with Gasteiger partial charge in [-0.1, -0.05) is 0 Å². The highest BCUT2D eigenvalue weighted by molar-refractivity contribution is 7.81. The molecule has 1 spiro atoms. The Hall–Kier alpha value is 0.310. The maximum Gasteiger partial charge on any atom is 0.00385 e. The third kappa shape index (κ3) is 1.89. The van der Waals surface area contributed by atoms with Crippen molar-refractivity contribution < 1.29 is 0 Å². The van der Waals surface area contributed by atoms with Crippen molar-refractivity contribution in [3.63, 3.8) is 0 Å². The first-order chi connectivity index (χ1) is 6.11. The zero-order valence-electron chi connectivity index (χ0n) is 8.79. The summed E-state index contributed by atoms with van der Waals surface area (Å²) in [6, 6.07) is 0.740. The second-order valence-corrected chi connectivity index (χ2v) is 5.92. The van der Waals surface area contributed by atoms with Crippen molar-refractivity contribution in [2.45, 2.75) is 50.8 Å². The van der Waals surface area contributed by atoms with Crippen LogP contribution < -0.4 is 0 Å². The van der Waals surface area contributed by atoms with E-state index in [-0.39, 0.29) is 0 Å². The summed E-state index contributed by atoms with van der Waals surface area (Å²) in [7, 11) is 0. The minimum absolute atomic E-state index is 0.714. The Bertz CT molecular complexity index is 175. The molecule has 0 aromatic heterocycles. The van der Waals surface area contributed by atoms with E-state index in [0.29, 0.717) is 5.25 Å². The van der Waals surface area contributed by atoms with Gasteiger partial charge in [0.15, 0.2) is 0 Å². The second-order valence-electron chi connectivity index (χ2n) is 5.19. The summed E-state index contributed by atoms with van der Waals surface area (Å²) in [6.07, 6.45) is 5.59. The molecule has 76 valence electrons. The Balaban J connectivity index is 1.83. The van der Waals surface area contributed by atoms with Gasteiger partial charge in [-0.25, -0.2) is 0 Å². The topological polar surface area (TPSA) is 3.24 Å². The fourth-order valence-corrected chi connectivity index (χ4v) is 3.64. The van der Waals surface area contributed by atoms with Crippen LogP contribution in [0.25, 0.3) is 0 Å². The number of hydrogen-bond acceptors (Lipinski definition) is 2. The lowest BCUT2D eigenvalue weighted by Crippen LogP contribution is -2.49. The molecule has 1 saturated heterocycles. The van der Waals surface area contributed by atoms with Crippen LogP contribution in [0, 0.1) is 5.41 Å². The van der Waals surface area contributed by atoms with E-state index < -0.39 is 0 Å². The molecule has 2 fully saturated rings. The summed E-state index contributed by atoms with van der Waals surface area (Å²) < 4.78 is 0. The zero-order valence-corrected chi connectivity index (χ0v) is 9.69. The molecule has 0 unspecified atom stereocenters. The van der Waals surface area contributed by atoms with Crippen LogP contribution in [0.3, 0.4) is 0 Å². The van der Waals surface area contributed by atoms with Gasteiger partial charge in [-0.2, -0.15) is 12.6 Å². The van der Waals surface area contributed by atoms with Gasteiger partial charge in [-0.3, -0.25) is 0 Å². The first-order valence-corrected chi connectivity index (χ1v) is 6.05. The van der Waals surface area contributed by atoms with Crippen molar-refractivity contribution in [1.82, 2.24) is 4.90 Å². The van der Waals surface area contributed by atoms with E-state index in [4.69, 9.17) is 0 Å². The van der Waals surface area contributed by atoms with Gasteiger partial charge >= 0.3 is 0 Å². The Morgan fingerprint density at radius 2 is 1.77 bits per heavy atom. The van der Waals surface area contributed by atoms with Crippen LogP contribution in [0.1, 0.15) is 39.5 Å². The maximum atomic E-state index is 4.52. The number of rotatable bonds is 1. The van der Waals surface area contributed by atoms with E-state index in [1.165, 1.54) is 38.8 Å². The minimum atomic E-state index is 0.714. The fourth-order valence-electron chi connectivity index (χ4n) is 2.86. The van der Waals surface area contributed by atoms with E-state index in [1.54, 1.807) is 0 Å². The number of hydrogen-bond donors (Lipinski definition) is 1. The van der Waals surface area contributed by atoms with E-state index >= 15 is 0 Å². The van der Waals surface area contributed by atoms with Crippen molar-refractivity contribution in [2.75, 3.05) is 13.1 Å². The number of likely N-dealkylation sites (tertiary alicyclic amines) is 1. The number of thiol groups is 1. The van der Waals surface area contributed by atoms with Crippen LogP contribution >= 0.6 is 12.6 Å². The maximum absolute atomic E-state index is 4.52. The summed E-state index contributed by atoms with van der Waals surface area (Å²) in [4.78, 5) is 2.61. The normalized spacial score (nSPS) is 29.5. The molecular formula is C11H21NS. The lowest BCUT2D eigenvalue weighted by molar-refractivity contribution is 0.0272. The highest BCUT2D eigenvalue weighted by Gasteiger charge is 2.44. The summed E-state index contributed by atoms with van der Waals surface area (Å²) in [6.45, 7) is 7.25. The van der Waals surface area contributed by atoms with Gasteiger partial charge in [0.1, 0.15) is 0 Å². The molecule has 0 atom stereocenters. The van der Waals surface area contributed by atoms with Crippen molar-refractivity contribution in [1.29, 1.82) is 0 Å². The van der Waals surface area contributed by atoms with Crippen molar-refractivity contribution in [2.24, 2.45) is 5.41 Å². The molecule has 0 radical (unpaired) electrons. The first kappa shape index (κ1) is 9.85. The first-order valence-electron chi connectivity index (χ1n) is 5.53. The Morgan fingerprint density at radius 3 is 2.15 bits per heavy atom. The molecule has 0 amide bonds. The smallest absolute Gasteiger partial charge is 0.00385 e. The van der Waals surface area contributed by atoms with Crippen LogP contribution in [0.15, 0.2) is 0 Å². The third-order valence-corrected chi connectivity index (χ3v) is 4.29. The van der Waals surface area contributed by atoms with Gasteiger partial charge in [-0.05, 0) is 58.0 Å². The van der Waals surface area contributed by atoms with Gasteiger partial charge in [0.05, 0.1) is 0 Å². The standard InChI is InChI=1S/C11H21NS/c1-9(2)12-5-3-11(4-6-12)7-10(13)8-11/h9-10,13H,3-8H2,1-2H3. The summed E-state index contributed by atoms with van der Waals surface area (Å²) in [5.41, 5.74) is 0.720. The molecule has 2 heteroatoms. The molecule has 0 N–H and O–H groups in total. The summed E-state index contributed by atoms with van der Waals surface area (Å²) in [5, 5.41) is 0.714. The Kier molecular flexibility index (Phi) is 2.63. The minimum Gasteiger partial charge on any atom is -0.301 e. The molecular weight excluding hydrogens is 178 g/mol. The Labute approximate surface area is 87.3 Å². The number of nitrogens with zero attached hydrogens (tertiary/aromatic N) is 1. The highest BCUT2D eigenvalue weighted by atomic mass is 32.1. The predicted octanol–water partition coefficient (Wildman–Crippen LogP) is 2.57. The molecule has 1 aliphatic heterocycles. The van der Waals surface area contributed by atoms with E-state index in [2.05, 4.69) is 31.4 Å². The lowest BCUT2D eigenvalue weighted by Gasteiger charge is -2.51. The molecule has 1 saturated carbocycles. The fraction of sp³-hybridized carbons (Fsp3) is 1.00. The lowest BCUT2D eigenvalue weighted by atomic mass is 9.63. The molecule has 1 heterocycles. The zero-order chi connectivity index (χ0) is 9.47. The molecule has 13 heavy (non-hydrogen) atoms. The van der Waals surface area contributed by atoms with Crippen LogP contribution in [-0.4, -0.2) is 29.3 Å². The van der Waals surface area contributed by atoms with Gasteiger partial charge in [0.25, 0.3) is 0 Å².